The van der Waals surface area contributed by atoms with Gasteiger partial charge in [-0.15, -0.1) is 11.3 Å². The van der Waals surface area contributed by atoms with Crippen molar-refractivity contribution in [1.29, 1.82) is 0 Å². The van der Waals surface area contributed by atoms with E-state index < -0.39 is 11.9 Å². The summed E-state index contributed by atoms with van der Waals surface area (Å²) in [6.07, 6.45) is 1.39. The van der Waals surface area contributed by atoms with Gasteiger partial charge in [0.2, 0.25) is 0 Å². The number of esters is 1. The summed E-state index contributed by atoms with van der Waals surface area (Å²) in [6.45, 7) is 1.86. The van der Waals surface area contributed by atoms with E-state index >= 15 is 0 Å². The number of anilines is 1. The standard InChI is InChI=1S/C13H13N3O4S2/c1-7-6-8(12(18)19-2)11(22-7)14-13(21)16-15-10(17)9-4-3-5-20-9/h3-6H,1-2H3,(H,15,17)(H2,14,16,21). The Bertz CT molecular complexity index is 694. The van der Waals surface area contributed by atoms with E-state index in [1.807, 2.05) is 6.92 Å². The van der Waals surface area contributed by atoms with Gasteiger partial charge in [0.25, 0.3) is 0 Å². The minimum atomic E-state index is -0.468. The summed E-state index contributed by atoms with van der Waals surface area (Å²) in [5, 5.41) is 3.51. The Balaban J connectivity index is 1.95. The maximum absolute atomic E-state index is 11.7. The van der Waals surface area contributed by atoms with E-state index in [1.54, 1.807) is 12.1 Å². The number of furan rings is 1. The van der Waals surface area contributed by atoms with Gasteiger partial charge >= 0.3 is 11.9 Å². The van der Waals surface area contributed by atoms with Crippen molar-refractivity contribution < 1.29 is 18.7 Å². The molecule has 0 aliphatic carbocycles. The van der Waals surface area contributed by atoms with Gasteiger partial charge < -0.3 is 14.5 Å². The number of aryl methyl sites for hydroxylation is 1. The fourth-order valence-corrected chi connectivity index (χ4v) is 2.71. The zero-order valence-corrected chi connectivity index (χ0v) is 13.4. The van der Waals surface area contributed by atoms with Crippen LogP contribution in [-0.4, -0.2) is 24.1 Å². The number of hydrogen-bond donors (Lipinski definition) is 3. The summed E-state index contributed by atoms with van der Waals surface area (Å²) in [7, 11) is 1.30. The van der Waals surface area contributed by atoms with Crippen LogP contribution in [0.25, 0.3) is 0 Å². The maximum atomic E-state index is 11.7. The lowest BCUT2D eigenvalue weighted by Gasteiger charge is -2.10. The molecule has 0 fully saturated rings. The number of hydrazine groups is 1. The van der Waals surface area contributed by atoms with Crippen LogP contribution in [0, 0.1) is 6.92 Å². The van der Waals surface area contributed by atoms with E-state index in [0.717, 1.165) is 4.88 Å². The van der Waals surface area contributed by atoms with Crippen LogP contribution >= 0.6 is 23.6 Å². The molecule has 0 spiro atoms. The molecule has 1 amide bonds. The number of thiocarbonyl (C=S) groups is 1. The molecule has 22 heavy (non-hydrogen) atoms. The molecule has 0 unspecified atom stereocenters. The predicted molar refractivity (Wildman–Crippen MR) is 85.9 cm³/mol. The van der Waals surface area contributed by atoms with Gasteiger partial charge in [0, 0.05) is 4.88 Å². The third-order valence-electron chi connectivity index (χ3n) is 2.52. The van der Waals surface area contributed by atoms with Gasteiger partial charge in [0.05, 0.1) is 18.9 Å². The van der Waals surface area contributed by atoms with Crippen LogP contribution in [0.1, 0.15) is 25.8 Å². The number of nitrogens with one attached hydrogen (secondary N) is 3. The molecule has 2 aromatic heterocycles. The zero-order valence-electron chi connectivity index (χ0n) is 11.8. The molecule has 0 atom stereocenters. The van der Waals surface area contributed by atoms with E-state index in [4.69, 9.17) is 21.4 Å². The molecule has 7 nitrogen and oxygen atoms in total. The number of hydrogen-bond acceptors (Lipinski definition) is 6. The van der Waals surface area contributed by atoms with Gasteiger partial charge in [-0.3, -0.25) is 15.6 Å². The topological polar surface area (TPSA) is 92.6 Å². The largest absolute Gasteiger partial charge is 0.465 e. The third kappa shape index (κ3) is 3.83. The van der Waals surface area contributed by atoms with Gasteiger partial charge in [-0.2, -0.15) is 0 Å². The molecule has 9 heteroatoms. The van der Waals surface area contributed by atoms with Gasteiger partial charge in [-0.1, -0.05) is 0 Å². The Morgan fingerprint density at radius 2 is 2.14 bits per heavy atom. The molecule has 0 radical (unpaired) electrons. The lowest BCUT2D eigenvalue weighted by atomic mass is 10.3. The highest BCUT2D eigenvalue weighted by molar-refractivity contribution is 7.80. The number of thiophene rings is 1. The molecule has 0 saturated carbocycles. The molecule has 3 N–H and O–H groups in total. The molecule has 0 aliphatic rings. The van der Waals surface area contributed by atoms with Crippen LogP contribution in [0.4, 0.5) is 5.00 Å². The van der Waals surface area contributed by atoms with E-state index in [-0.39, 0.29) is 10.9 Å². The number of rotatable bonds is 3. The molecule has 2 rings (SSSR count). The first-order valence-electron chi connectivity index (χ1n) is 6.11. The van der Waals surface area contributed by atoms with Crippen molar-refractivity contribution in [1.82, 2.24) is 10.9 Å². The van der Waals surface area contributed by atoms with Gasteiger partial charge in [0.15, 0.2) is 10.9 Å². The van der Waals surface area contributed by atoms with Crippen molar-refractivity contribution in [3.63, 3.8) is 0 Å². The Hall–Kier alpha value is -2.39. The fraction of sp³-hybridized carbons (Fsp3) is 0.154. The molecule has 0 saturated heterocycles. The first kappa shape index (κ1) is 16.0. The summed E-state index contributed by atoms with van der Waals surface area (Å²) in [5.74, 6) is -0.781. The fourth-order valence-electron chi connectivity index (χ4n) is 1.59. The normalized spacial score (nSPS) is 9.91. The average molecular weight is 339 g/mol. The zero-order chi connectivity index (χ0) is 16.1. The summed E-state index contributed by atoms with van der Waals surface area (Å²) in [5.41, 5.74) is 5.29. The highest BCUT2D eigenvalue weighted by atomic mass is 32.1. The second-order valence-electron chi connectivity index (χ2n) is 4.10. The minimum Gasteiger partial charge on any atom is -0.465 e. The van der Waals surface area contributed by atoms with Crippen molar-refractivity contribution >= 4 is 45.5 Å². The Morgan fingerprint density at radius 3 is 2.77 bits per heavy atom. The average Bonchev–Trinajstić information content (AvgIpc) is 3.13. The van der Waals surface area contributed by atoms with Crippen LogP contribution in [0.5, 0.6) is 0 Å². The van der Waals surface area contributed by atoms with Gasteiger partial charge in [-0.05, 0) is 37.3 Å². The number of carbonyl (C=O) groups excluding carboxylic acids is 2. The van der Waals surface area contributed by atoms with Crippen LogP contribution in [0.15, 0.2) is 28.9 Å². The minimum absolute atomic E-state index is 0.131. The number of carbonyl (C=O) groups is 2. The highest BCUT2D eigenvalue weighted by Gasteiger charge is 2.16. The summed E-state index contributed by atoms with van der Waals surface area (Å²) >= 11 is 6.41. The highest BCUT2D eigenvalue weighted by Crippen LogP contribution is 2.28. The van der Waals surface area contributed by atoms with E-state index in [1.165, 1.54) is 30.8 Å². The lowest BCUT2D eigenvalue weighted by molar-refractivity contribution is 0.0602. The molecule has 0 aromatic carbocycles. The molecular weight excluding hydrogens is 326 g/mol. The van der Waals surface area contributed by atoms with Crippen molar-refractivity contribution in [3.05, 3.63) is 40.7 Å². The Kier molecular flexibility index (Phi) is 5.12. The van der Waals surface area contributed by atoms with E-state index in [0.29, 0.717) is 10.6 Å². The monoisotopic (exact) mass is 339 g/mol. The quantitative estimate of drug-likeness (QED) is 0.448. The molecule has 2 aromatic rings. The first-order chi connectivity index (χ1) is 10.5. The van der Waals surface area contributed by atoms with Crippen LogP contribution in [-0.2, 0) is 4.74 Å². The maximum Gasteiger partial charge on any atom is 0.340 e. The van der Waals surface area contributed by atoms with Crippen LogP contribution in [0.3, 0.4) is 0 Å². The molecule has 0 bridgehead atoms. The Morgan fingerprint density at radius 1 is 1.36 bits per heavy atom. The number of amides is 1. The first-order valence-corrected chi connectivity index (χ1v) is 7.33. The van der Waals surface area contributed by atoms with Crippen molar-refractivity contribution in [3.8, 4) is 0 Å². The second-order valence-corrected chi connectivity index (χ2v) is 5.77. The van der Waals surface area contributed by atoms with Gasteiger partial charge in [0.1, 0.15) is 5.00 Å². The molecular formula is C13H13N3O4S2. The second kappa shape index (κ2) is 7.05. The summed E-state index contributed by atoms with van der Waals surface area (Å²) in [4.78, 5) is 24.2. The lowest BCUT2D eigenvalue weighted by Crippen LogP contribution is -2.43. The smallest absolute Gasteiger partial charge is 0.340 e. The predicted octanol–water partition coefficient (Wildman–Crippen LogP) is 2.07. The Labute approximate surface area is 135 Å². The third-order valence-corrected chi connectivity index (χ3v) is 3.69. The molecule has 116 valence electrons. The number of ether oxygens (including phenoxy) is 1. The summed E-state index contributed by atoms with van der Waals surface area (Å²) in [6, 6.07) is 4.82. The van der Waals surface area contributed by atoms with Crippen LogP contribution < -0.4 is 16.2 Å². The van der Waals surface area contributed by atoms with Crippen molar-refractivity contribution in [2.75, 3.05) is 12.4 Å². The SMILES string of the molecule is COC(=O)c1cc(C)sc1NC(=S)NNC(=O)c1ccco1. The van der Waals surface area contributed by atoms with Gasteiger partial charge in [-0.25, -0.2) is 4.79 Å². The van der Waals surface area contributed by atoms with E-state index in [2.05, 4.69) is 16.2 Å². The van der Waals surface area contributed by atoms with E-state index in [9.17, 15) is 9.59 Å². The van der Waals surface area contributed by atoms with Crippen molar-refractivity contribution in [2.45, 2.75) is 6.92 Å². The summed E-state index contributed by atoms with van der Waals surface area (Å²) < 4.78 is 9.64. The molecule has 2 heterocycles. The molecule has 0 aliphatic heterocycles. The van der Waals surface area contributed by atoms with Crippen LogP contribution in [0.2, 0.25) is 0 Å². The van der Waals surface area contributed by atoms with Crippen molar-refractivity contribution in [2.24, 2.45) is 0 Å². The number of methoxy groups -OCH3 is 1.